The molecule has 0 spiro atoms. The molecule has 0 saturated carbocycles. The van der Waals surface area contributed by atoms with Crippen molar-refractivity contribution in [1.29, 1.82) is 0 Å². The van der Waals surface area contributed by atoms with Crippen LogP contribution in [0.25, 0.3) is 5.57 Å². The minimum Gasteiger partial charge on any atom is -0.484 e. The second kappa shape index (κ2) is 7.38. The van der Waals surface area contributed by atoms with Crippen molar-refractivity contribution in [2.24, 2.45) is 0 Å². The average Bonchev–Trinajstić information content (AvgIpc) is 2.77. The van der Waals surface area contributed by atoms with E-state index in [1.54, 1.807) is 0 Å². The monoisotopic (exact) mass is 338 g/mol. The average molecular weight is 338 g/mol. The van der Waals surface area contributed by atoms with Crippen LogP contribution >= 0.6 is 12.0 Å². The Morgan fingerprint density at radius 1 is 1.26 bits per heavy atom. The van der Waals surface area contributed by atoms with Gasteiger partial charge in [0.15, 0.2) is 0 Å². The Hall–Kier alpha value is -1.50. The summed E-state index contributed by atoms with van der Waals surface area (Å²) in [7, 11) is 1.45. The second-order valence-corrected chi connectivity index (χ2v) is 6.46. The van der Waals surface area contributed by atoms with Gasteiger partial charge in [0.2, 0.25) is 5.76 Å². The van der Waals surface area contributed by atoms with E-state index >= 15 is 0 Å². The van der Waals surface area contributed by atoms with E-state index in [9.17, 15) is 4.79 Å². The number of esters is 1. The Bertz CT molecular complexity index is 594. The highest BCUT2D eigenvalue weighted by Gasteiger charge is 2.45. The zero-order valence-electron chi connectivity index (χ0n) is 14.0. The first-order valence-electron chi connectivity index (χ1n) is 7.53. The Kier molecular flexibility index (Phi) is 5.73. The summed E-state index contributed by atoms with van der Waals surface area (Å²) in [6.07, 6.45) is 0.569. The number of hydrogen-bond acceptors (Lipinski definition) is 6. The maximum atomic E-state index is 12.2. The molecule has 1 heterocycles. The largest absolute Gasteiger partial charge is 0.484 e. The molecule has 1 atom stereocenters. The molecule has 0 N–H and O–H groups in total. The maximum absolute atomic E-state index is 12.2. The number of hydrogen-bond donors (Lipinski definition) is 0. The third kappa shape index (κ3) is 3.88. The zero-order valence-corrected chi connectivity index (χ0v) is 14.9. The van der Waals surface area contributed by atoms with Gasteiger partial charge in [-0.05, 0) is 44.9 Å². The molecule has 23 heavy (non-hydrogen) atoms. The van der Waals surface area contributed by atoms with E-state index in [1.165, 1.54) is 7.11 Å². The molecule has 5 nitrogen and oxygen atoms in total. The fourth-order valence-corrected chi connectivity index (χ4v) is 2.82. The standard InChI is InChI=1S/C17H22O5S/c1-6-17(4)14(15(16(18)21-17)20-11(2)3)12-7-9-13(10-8-12)23-22-19-5/h7-11H,6H2,1-5H3/t17-/m0/s1. The van der Waals surface area contributed by atoms with E-state index in [0.717, 1.165) is 28.1 Å². The lowest BCUT2D eigenvalue weighted by molar-refractivity contribution is -0.160. The SMILES string of the molecule is CC[C@]1(C)OC(=O)C(OC(C)C)=C1c1ccc(SOOC)cc1. The van der Waals surface area contributed by atoms with E-state index < -0.39 is 11.6 Å². The molecule has 2 rings (SSSR count). The third-order valence-corrected chi connectivity index (χ3v) is 4.30. The van der Waals surface area contributed by atoms with Crippen LogP contribution in [-0.2, 0) is 23.5 Å². The van der Waals surface area contributed by atoms with Crippen LogP contribution in [0.4, 0.5) is 0 Å². The van der Waals surface area contributed by atoms with Crippen LogP contribution in [-0.4, -0.2) is 24.8 Å². The summed E-state index contributed by atoms with van der Waals surface area (Å²) < 4.78 is 16.2. The van der Waals surface area contributed by atoms with Crippen molar-refractivity contribution in [3.63, 3.8) is 0 Å². The number of carbonyl (C=O) groups is 1. The van der Waals surface area contributed by atoms with Gasteiger partial charge < -0.3 is 9.47 Å². The molecule has 0 aliphatic carbocycles. The number of rotatable bonds is 7. The van der Waals surface area contributed by atoms with Crippen molar-refractivity contribution in [2.75, 3.05) is 7.11 Å². The number of cyclic esters (lactones) is 1. The van der Waals surface area contributed by atoms with Gasteiger partial charge in [0.25, 0.3) is 0 Å². The minimum absolute atomic E-state index is 0.100. The van der Waals surface area contributed by atoms with Crippen molar-refractivity contribution in [3.8, 4) is 0 Å². The van der Waals surface area contributed by atoms with Crippen LogP contribution in [0.2, 0.25) is 0 Å². The van der Waals surface area contributed by atoms with Crippen LogP contribution < -0.4 is 0 Å². The maximum Gasteiger partial charge on any atom is 0.374 e. The van der Waals surface area contributed by atoms with E-state index in [2.05, 4.69) is 4.89 Å². The Balaban J connectivity index is 2.41. The molecule has 6 heteroatoms. The summed E-state index contributed by atoms with van der Waals surface area (Å²) in [6, 6.07) is 7.66. The van der Waals surface area contributed by atoms with Gasteiger partial charge in [0.05, 0.1) is 30.8 Å². The summed E-state index contributed by atoms with van der Waals surface area (Å²) in [5, 5.41) is 0. The second-order valence-electron chi connectivity index (χ2n) is 5.69. The van der Waals surface area contributed by atoms with Gasteiger partial charge in [-0.2, -0.15) is 4.33 Å². The van der Waals surface area contributed by atoms with Crippen LogP contribution in [0.3, 0.4) is 0 Å². The summed E-state index contributed by atoms with van der Waals surface area (Å²) >= 11 is 1.12. The lowest BCUT2D eigenvalue weighted by Gasteiger charge is -2.24. The Labute approximate surface area is 141 Å². The summed E-state index contributed by atoms with van der Waals surface area (Å²) in [6.45, 7) is 7.68. The van der Waals surface area contributed by atoms with Gasteiger partial charge in [-0.1, -0.05) is 19.1 Å². The van der Waals surface area contributed by atoms with Gasteiger partial charge in [-0.25, -0.2) is 9.68 Å². The van der Waals surface area contributed by atoms with Crippen LogP contribution in [0.5, 0.6) is 0 Å². The van der Waals surface area contributed by atoms with E-state index in [4.69, 9.17) is 13.8 Å². The highest BCUT2D eigenvalue weighted by Crippen LogP contribution is 2.43. The molecule has 0 bridgehead atoms. The summed E-state index contributed by atoms with van der Waals surface area (Å²) in [5.41, 5.74) is 1.01. The molecular weight excluding hydrogens is 316 g/mol. The number of ether oxygens (including phenoxy) is 2. The smallest absolute Gasteiger partial charge is 0.374 e. The van der Waals surface area contributed by atoms with Gasteiger partial charge in [0.1, 0.15) is 5.60 Å². The fourth-order valence-electron chi connectivity index (χ4n) is 2.42. The molecule has 1 aromatic carbocycles. The van der Waals surface area contributed by atoms with Crippen molar-refractivity contribution >= 4 is 23.6 Å². The van der Waals surface area contributed by atoms with Crippen LogP contribution in [0, 0.1) is 0 Å². The highest BCUT2D eigenvalue weighted by molar-refractivity contribution is 7.94. The lowest BCUT2D eigenvalue weighted by Crippen LogP contribution is -2.26. The van der Waals surface area contributed by atoms with Crippen LogP contribution in [0.1, 0.15) is 39.7 Å². The van der Waals surface area contributed by atoms with Crippen molar-refractivity contribution in [1.82, 2.24) is 0 Å². The van der Waals surface area contributed by atoms with E-state index in [0.29, 0.717) is 12.2 Å². The van der Waals surface area contributed by atoms with E-state index in [-0.39, 0.29) is 6.10 Å². The van der Waals surface area contributed by atoms with Crippen LogP contribution in [0.15, 0.2) is 34.9 Å². The summed E-state index contributed by atoms with van der Waals surface area (Å²) in [4.78, 5) is 17.7. The van der Waals surface area contributed by atoms with Crippen molar-refractivity contribution in [2.45, 2.75) is 50.7 Å². The first-order valence-corrected chi connectivity index (χ1v) is 8.28. The predicted octanol–water partition coefficient (Wildman–Crippen LogP) is 4.13. The quantitative estimate of drug-likeness (QED) is 0.322. The topological polar surface area (TPSA) is 54.0 Å². The van der Waals surface area contributed by atoms with Gasteiger partial charge in [0, 0.05) is 4.90 Å². The van der Waals surface area contributed by atoms with Crippen molar-refractivity contribution < 1.29 is 23.5 Å². The first-order chi connectivity index (χ1) is 10.9. The molecule has 0 aromatic heterocycles. The molecule has 1 aliphatic heterocycles. The highest BCUT2D eigenvalue weighted by atomic mass is 32.2. The van der Waals surface area contributed by atoms with E-state index in [1.807, 2.05) is 52.0 Å². The lowest BCUT2D eigenvalue weighted by atomic mass is 9.88. The zero-order chi connectivity index (χ0) is 17.0. The fraction of sp³-hybridized carbons (Fsp3) is 0.471. The first kappa shape index (κ1) is 17.8. The molecule has 0 fully saturated rings. The molecule has 0 saturated heterocycles. The molecule has 1 aromatic rings. The molecule has 126 valence electrons. The molecule has 1 aliphatic rings. The predicted molar refractivity (Wildman–Crippen MR) is 88.3 cm³/mol. The Morgan fingerprint density at radius 3 is 2.43 bits per heavy atom. The Morgan fingerprint density at radius 2 is 1.91 bits per heavy atom. The van der Waals surface area contributed by atoms with Gasteiger partial charge >= 0.3 is 5.97 Å². The van der Waals surface area contributed by atoms with Gasteiger partial charge in [-0.15, -0.1) is 0 Å². The number of carbonyl (C=O) groups excluding carboxylic acids is 1. The number of benzene rings is 1. The minimum atomic E-state index is -0.682. The normalized spacial score (nSPS) is 21.0. The third-order valence-electron chi connectivity index (χ3n) is 3.63. The molecular formula is C17H22O5S. The molecule has 0 unspecified atom stereocenters. The molecule has 0 amide bonds. The van der Waals surface area contributed by atoms with Crippen molar-refractivity contribution in [3.05, 3.63) is 35.6 Å². The summed E-state index contributed by atoms with van der Waals surface area (Å²) in [5.74, 6) is -0.0999. The van der Waals surface area contributed by atoms with Gasteiger partial charge in [-0.3, -0.25) is 0 Å². The molecule has 0 radical (unpaired) electrons.